The molecule has 0 spiro atoms. The fraction of sp³-hybridized carbons (Fsp3) is 0.417. The maximum atomic E-state index is 10.0. The van der Waals surface area contributed by atoms with Gasteiger partial charge in [-0.25, -0.2) is 4.58 Å². The molecule has 0 bridgehead atoms. The lowest BCUT2D eigenvalue weighted by Crippen LogP contribution is -2.25. The van der Waals surface area contributed by atoms with E-state index < -0.39 is 0 Å². The van der Waals surface area contributed by atoms with Gasteiger partial charge in [-0.1, -0.05) is 42.1 Å². The lowest BCUT2D eigenvalue weighted by Gasteiger charge is -2.10. The highest BCUT2D eigenvalue weighted by atomic mass is 32.2. The Bertz CT molecular complexity index is 350. The van der Waals surface area contributed by atoms with Crippen LogP contribution in [0.3, 0.4) is 0 Å². The van der Waals surface area contributed by atoms with Gasteiger partial charge in [-0.05, 0) is 12.5 Å². The predicted octanol–water partition coefficient (Wildman–Crippen LogP) is 1.90. The van der Waals surface area contributed by atoms with Crippen molar-refractivity contribution in [3.63, 3.8) is 0 Å². The fourth-order valence-corrected chi connectivity index (χ4v) is 2.72. The Morgan fingerprint density at radius 3 is 2.80 bits per heavy atom. The maximum absolute atomic E-state index is 10.0. The Morgan fingerprint density at radius 2 is 2.20 bits per heavy atom. The number of thioether (sulfide) groups is 1. The molecule has 0 amide bonds. The van der Waals surface area contributed by atoms with Crippen molar-refractivity contribution in [1.82, 2.24) is 0 Å². The Morgan fingerprint density at radius 1 is 1.47 bits per heavy atom. The molecule has 1 heterocycles. The molecule has 0 radical (unpaired) electrons. The molecule has 0 fully saturated rings. The number of benzene rings is 1. The summed E-state index contributed by atoms with van der Waals surface area (Å²) in [7, 11) is 0. The fourth-order valence-electron chi connectivity index (χ4n) is 1.68. The van der Waals surface area contributed by atoms with Crippen LogP contribution in [0.5, 0.6) is 0 Å². The molecule has 0 aliphatic carbocycles. The molecule has 1 aromatic rings. The van der Waals surface area contributed by atoms with Crippen LogP contribution in [-0.2, 0) is 0 Å². The molecule has 0 unspecified atom stereocenters. The molecule has 0 aromatic heterocycles. The van der Waals surface area contributed by atoms with Gasteiger partial charge in [0.25, 0.3) is 0 Å². The molecule has 1 N–H and O–H groups in total. The monoisotopic (exact) mass is 222 g/mol. The maximum Gasteiger partial charge on any atom is 0.198 e. The molecule has 15 heavy (non-hydrogen) atoms. The Balaban J connectivity index is 2.01. The molecule has 0 saturated carbocycles. The van der Waals surface area contributed by atoms with Crippen molar-refractivity contribution >= 4 is 17.3 Å². The molecule has 1 aliphatic rings. The van der Waals surface area contributed by atoms with Crippen molar-refractivity contribution in [1.29, 1.82) is 0 Å². The second-order valence-corrected chi connectivity index (χ2v) is 4.79. The van der Waals surface area contributed by atoms with Gasteiger partial charge in [-0.15, -0.1) is 0 Å². The minimum Gasteiger partial charge on any atom is -0.382 e. The Kier molecular flexibility index (Phi) is 3.44. The third kappa shape index (κ3) is 2.61. The predicted molar refractivity (Wildman–Crippen MR) is 64.5 cm³/mol. The first-order chi connectivity index (χ1) is 7.27. The number of nitrogens with zero attached hydrogens (tertiary/aromatic N) is 1. The highest BCUT2D eigenvalue weighted by Gasteiger charge is 2.24. The molecule has 2 rings (SSSR count). The van der Waals surface area contributed by atoms with Crippen molar-refractivity contribution in [3.8, 4) is 0 Å². The van der Waals surface area contributed by atoms with E-state index in [1.807, 2.05) is 42.1 Å². The molecule has 3 heteroatoms. The van der Waals surface area contributed by atoms with E-state index in [-0.39, 0.29) is 6.10 Å². The first-order valence-electron chi connectivity index (χ1n) is 5.21. The van der Waals surface area contributed by atoms with Crippen molar-refractivity contribution in [2.75, 3.05) is 12.3 Å². The highest BCUT2D eigenvalue weighted by Crippen LogP contribution is 2.17. The largest absolute Gasteiger partial charge is 0.382 e. The standard InChI is InChI=1S/C12H16NOS/c1-10-8-15-9-13(10)7-12(14)11-5-3-2-4-6-11/h2-6,9-10,12,14H,7-8H2,1H3/q+1/t10-,12-/m0/s1. The molecular formula is C12H16NOS+. The zero-order valence-electron chi connectivity index (χ0n) is 8.84. The van der Waals surface area contributed by atoms with Crippen LogP contribution in [0, 0.1) is 0 Å². The average molecular weight is 222 g/mol. The summed E-state index contributed by atoms with van der Waals surface area (Å²) in [5, 5.41) is 10.0. The zero-order chi connectivity index (χ0) is 10.7. The van der Waals surface area contributed by atoms with E-state index in [0.29, 0.717) is 12.6 Å². The second kappa shape index (κ2) is 4.81. The zero-order valence-corrected chi connectivity index (χ0v) is 9.65. The van der Waals surface area contributed by atoms with E-state index >= 15 is 0 Å². The van der Waals surface area contributed by atoms with Crippen LogP contribution < -0.4 is 0 Å². The van der Waals surface area contributed by atoms with E-state index in [1.54, 1.807) is 0 Å². The lowest BCUT2D eigenvalue weighted by molar-refractivity contribution is -0.557. The minimum atomic E-state index is -0.386. The van der Waals surface area contributed by atoms with Crippen LogP contribution in [0.2, 0.25) is 0 Å². The summed E-state index contributed by atoms with van der Waals surface area (Å²) in [5.41, 5.74) is 3.12. The first kappa shape index (κ1) is 10.7. The minimum absolute atomic E-state index is 0.386. The van der Waals surface area contributed by atoms with Crippen LogP contribution in [0.4, 0.5) is 0 Å². The SMILES string of the molecule is C[C@H]1CSC=[N+]1C[C@H](O)c1ccccc1. The quantitative estimate of drug-likeness (QED) is 0.789. The third-order valence-corrected chi connectivity index (χ3v) is 3.78. The van der Waals surface area contributed by atoms with E-state index in [9.17, 15) is 5.11 Å². The van der Waals surface area contributed by atoms with Gasteiger partial charge in [0.15, 0.2) is 18.1 Å². The molecular weight excluding hydrogens is 206 g/mol. The van der Waals surface area contributed by atoms with Gasteiger partial charge in [-0.3, -0.25) is 0 Å². The Labute approximate surface area is 94.6 Å². The number of rotatable bonds is 3. The van der Waals surface area contributed by atoms with Gasteiger partial charge in [0.05, 0.1) is 5.75 Å². The molecule has 0 saturated heterocycles. The third-order valence-electron chi connectivity index (χ3n) is 2.68. The van der Waals surface area contributed by atoms with Gasteiger partial charge in [0, 0.05) is 0 Å². The summed E-state index contributed by atoms with van der Waals surface area (Å²) in [6, 6.07) is 10.4. The molecule has 1 aliphatic heterocycles. The number of hydrogen-bond donors (Lipinski definition) is 1. The van der Waals surface area contributed by atoms with Crippen LogP contribution in [0.25, 0.3) is 0 Å². The van der Waals surface area contributed by atoms with Crippen molar-refractivity contribution in [3.05, 3.63) is 35.9 Å². The van der Waals surface area contributed by atoms with E-state index in [4.69, 9.17) is 0 Å². The molecule has 2 nitrogen and oxygen atoms in total. The summed E-state index contributed by atoms with van der Waals surface area (Å²) >= 11 is 1.82. The average Bonchev–Trinajstić information content (AvgIpc) is 2.66. The summed E-state index contributed by atoms with van der Waals surface area (Å²) < 4.78 is 2.21. The van der Waals surface area contributed by atoms with Crippen LogP contribution in [-0.4, -0.2) is 33.6 Å². The van der Waals surface area contributed by atoms with Gasteiger partial charge < -0.3 is 5.11 Å². The normalized spacial score (nSPS) is 22.5. The summed E-state index contributed by atoms with van der Waals surface area (Å²) in [6.45, 7) is 2.88. The highest BCUT2D eigenvalue weighted by molar-refractivity contribution is 8.12. The summed E-state index contributed by atoms with van der Waals surface area (Å²) in [5.74, 6) is 1.13. The van der Waals surface area contributed by atoms with E-state index in [0.717, 1.165) is 11.3 Å². The topological polar surface area (TPSA) is 23.2 Å². The molecule has 80 valence electrons. The smallest absolute Gasteiger partial charge is 0.198 e. The van der Waals surface area contributed by atoms with Gasteiger partial charge >= 0.3 is 0 Å². The van der Waals surface area contributed by atoms with Crippen molar-refractivity contribution in [2.45, 2.75) is 19.1 Å². The summed E-state index contributed by atoms with van der Waals surface area (Å²) in [4.78, 5) is 0. The Hall–Kier alpha value is -0.800. The van der Waals surface area contributed by atoms with Crippen LogP contribution in [0.1, 0.15) is 18.6 Å². The van der Waals surface area contributed by atoms with Crippen molar-refractivity contribution in [2.24, 2.45) is 0 Å². The number of hydrogen-bond acceptors (Lipinski definition) is 2. The van der Waals surface area contributed by atoms with Gasteiger partial charge in [-0.2, -0.15) is 0 Å². The number of β-amino-alcohol motifs (C(OH)–C–C–N with tert-alkyl or cyclic N) is 1. The van der Waals surface area contributed by atoms with Crippen LogP contribution in [0.15, 0.2) is 30.3 Å². The molecule has 1 aromatic carbocycles. The van der Waals surface area contributed by atoms with Gasteiger partial charge in [0.1, 0.15) is 6.10 Å². The number of aliphatic hydroxyl groups excluding tert-OH is 1. The van der Waals surface area contributed by atoms with E-state index in [2.05, 4.69) is 17.0 Å². The van der Waals surface area contributed by atoms with Crippen molar-refractivity contribution < 1.29 is 9.68 Å². The number of aliphatic hydroxyl groups is 1. The second-order valence-electron chi connectivity index (χ2n) is 3.91. The van der Waals surface area contributed by atoms with Crippen LogP contribution >= 0.6 is 11.8 Å². The summed E-state index contributed by atoms with van der Waals surface area (Å²) in [6.07, 6.45) is -0.386. The molecule has 2 atom stereocenters. The lowest BCUT2D eigenvalue weighted by atomic mass is 10.1. The van der Waals surface area contributed by atoms with E-state index in [1.165, 1.54) is 0 Å². The van der Waals surface area contributed by atoms with Gasteiger partial charge in [0.2, 0.25) is 0 Å². The first-order valence-corrected chi connectivity index (χ1v) is 6.26.